The molecule has 1 fully saturated rings. The van der Waals surface area contributed by atoms with Gasteiger partial charge in [0.2, 0.25) is 0 Å². The van der Waals surface area contributed by atoms with E-state index in [0.717, 1.165) is 25.7 Å². The van der Waals surface area contributed by atoms with E-state index in [-0.39, 0.29) is 0 Å². The number of hydrogen-bond donors (Lipinski definition) is 1. The molecule has 0 bridgehead atoms. The molecule has 1 N–H and O–H groups in total. The fourth-order valence-corrected chi connectivity index (χ4v) is 3.57. The van der Waals surface area contributed by atoms with E-state index in [0.29, 0.717) is 0 Å². The molecule has 0 amide bonds. The molecule has 1 aliphatic rings. The lowest BCUT2D eigenvalue weighted by Gasteiger charge is -2.28. The van der Waals surface area contributed by atoms with Crippen LogP contribution in [0.2, 0.25) is 0 Å². The first-order chi connectivity index (χ1) is 9.24. The molecular weight excluding hydrogens is 300 g/mol. The van der Waals surface area contributed by atoms with Crippen molar-refractivity contribution < 1.29 is 0 Å². The number of halogens is 1. The van der Waals surface area contributed by atoms with Gasteiger partial charge in [-0.3, -0.25) is 4.90 Å². The van der Waals surface area contributed by atoms with Crippen molar-refractivity contribution >= 4 is 15.9 Å². The van der Waals surface area contributed by atoms with Gasteiger partial charge < -0.3 is 5.32 Å². The van der Waals surface area contributed by atoms with Gasteiger partial charge in [-0.15, -0.1) is 0 Å². The Bertz CT molecular complexity index is 400. The van der Waals surface area contributed by atoms with Crippen LogP contribution in [0.1, 0.15) is 43.7 Å². The molecule has 2 nitrogen and oxygen atoms in total. The van der Waals surface area contributed by atoms with Crippen molar-refractivity contribution in [3.05, 3.63) is 33.8 Å². The Balaban J connectivity index is 2.04. The Labute approximate surface area is 125 Å². The second kappa shape index (κ2) is 7.41. The molecule has 0 saturated heterocycles. The minimum atomic E-state index is 0.800. The smallest absolute Gasteiger partial charge is 0.0247 e. The maximum atomic E-state index is 3.73. The summed E-state index contributed by atoms with van der Waals surface area (Å²) in [6.45, 7) is 5.43. The minimum absolute atomic E-state index is 0.800. The maximum Gasteiger partial charge on any atom is 0.0247 e. The normalized spacial score (nSPS) is 16.4. The lowest BCUT2D eigenvalue weighted by atomic mass is 10.1. The van der Waals surface area contributed by atoms with Crippen molar-refractivity contribution in [2.45, 2.75) is 51.7 Å². The molecule has 0 aliphatic heterocycles. The van der Waals surface area contributed by atoms with E-state index >= 15 is 0 Å². The number of nitrogens with zero attached hydrogens (tertiary/aromatic N) is 1. The third-order valence-electron chi connectivity index (χ3n) is 4.12. The summed E-state index contributed by atoms with van der Waals surface area (Å²) >= 11 is 3.73. The van der Waals surface area contributed by atoms with E-state index in [1.54, 1.807) is 0 Å². The van der Waals surface area contributed by atoms with Crippen LogP contribution in [0.15, 0.2) is 22.7 Å². The Hall–Kier alpha value is -0.380. The summed E-state index contributed by atoms with van der Waals surface area (Å²) in [5.41, 5.74) is 2.75. The van der Waals surface area contributed by atoms with E-state index in [4.69, 9.17) is 0 Å². The van der Waals surface area contributed by atoms with Crippen molar-refractivity contribution in [2.24, 2.45) is 0 Å². The first-order valence-corrected chi connectivity index (χ1v) is 8.19. The summed E-state index contributed by atoms with van der Waals surface area (Å²) in [5.74, 6) is 0. The average Bonchev–Trinajstić information content (AvgIpc) is 2.92. The topological polar surface area (TPSA) is 15.3 Å². The zero-order valence-electron chi connectivity index (χ0n) is 12.1. The number of benzene rings is 1. The molecule has 19 heavy (non-hydrogen) atoms. The van der Waals surface area contributed by atoms with Crippen LogP contribution < -0.4 is 5.32 Å². The zero-order chi connectivity index (χ0) is 13.7. The lowest BCUT2D eigenvalue weighted by molar-refractivity contribution is 0.200. The van der Waals surface area contributed by atoms with Gasteiger partial charge in [-0.25, -0.2) is 0 Å². The van der Waals surface area contributed by atoms with Crippen LogP contribution in [-0.4, -0.2) is 24.5 Å². The summed E-state index contributed by atoms with van der Waals surface area (Å²) in [6.07, 6.45) is 5.57. The second-order valence-electron chi connectivity index (χ2n) is 5.46. The fourth-order valence-electron chi connectivity index (χ4n) is 3.02. The molecule has 0 aromatic heterocycles. The summed E-state index contributed by atoms with van der Waals surface area (Å²) < 4.78 is 1.25. The Morgan fingerprint density at radius 2 is 2.05 bits per heavy atom. The minimum Gasteiger partial charge on any atom is -0.316 e. The number of nitrogens with one attached hydrogen (secondary N) is 1. The molecule has 0 unspecified atom stereocenters. The molecule has 2 rings (SSSR count). The van der Waals surface area contributed by atoms with Crippen LogP contribution in [0.25, 0.3) is 0 Å². The molecule has 0 atom stereocenters. The van der Waals surface area contributed by atoms with Gasteiger partial charge in [0.05, 0.1) is 0 Å². The van der Waals surface area contributed by atoms with E-state index in [9.17, 15) is 0 Å². The molecule has 1 aromatic carbocycles. The van der Waals surface area contributed by atoms with Gasteiger partial charge in [0, 0.05) is 23.6 Å². The van der Waals surface area contributed by atoms with Gasteiger partial charge in [-0.05, 0) is 43.6 Å². The van der Waals surface area contributed by atoms with E-state index in [1.165, 1.54) is 41.3 Å². The lowest BCUT2D eigenvalue weighted by Crippen LogP contribution is -2.32. The van der Waals surface area contributed by atoms with Crippen LogP contribution in [0.4, 0.5) is 0 Å². The Morgan fingerprint density at radius 3 is 2.63 bits per heavy atom. The predicted molar refractivity (Wildman–Crippen MR) is 85.2 cm³/mol. The molecule has 3 heteroatoms. The quantitative estimate of drug-likeness (QED) is 0.852. The SMILES string of the molecule is CCN(Cc1ccc(CNC)cc1Br)C1CCCC1. The van der Waals surface area contributed by atoms with Crippen LogP contribution in [-0.2, 0) is 13.1 Å². The van der Waals surface area contributed by atoms with E-state index < -0.39 is 0 Å². The van der Waals surface area contributed by atoms with Crippen molar-refractivity contribution in [1.29, 1.82) is 0 Å². The fraction of sp³-hybridized carbons (Fsp3) is 0.625. The highest BCUT2D eigenvalue weighted by atomic mass is 79.9. The summed E-state index contributed by atoms with van der Waals surface area (Å²) in [4.78, 5) is 2.63. The van der Waals surface area contributed by atoms with Crippen LogP contribution in [0.3, 0.4) is 0 Å². The Kier molecular flexibility index (Phi) is 5.86. The largest absolute Gasteiger partial charge is 0.316 e. The highest BCUT2D eigenvalue weighted by Gasteiger charge is 2.21. The molecule has 1 aliphatic carbocycles. The van der Waals surface area contributed by atoms with Gasteiger partial charge >= 0.3 is 0 Å². The van der Waals surface area contributed by atoms with Gasteiger partial charge in [0.15, 0.2) is 0 Å². The van der Waals surface area contributed by atoms with Crippen molar-refractivity contribution in [3.8, 4) is 0 Å². The molecule has 0 radical (unpaired) electrons. The summed E-state index contributed by atoms with van der Waals surface area (Å²) in [5, 5.41) is 3.20. The van der Waals surface area contributed by atoms with Gasteiger partial charge in [0.25, 0.3) is 0 Å². The van der Waals surface area contributed by atoms with Gasteiger partial charge in [0.1, 0.15) is 0 Å². The Morgan fingerprint density at radius 1 is 1.32 bits per heavy atom. The summed E-state index contributed by atoms with van der Waals surface area (Å²) in [7, 11) is 1.99. The molecule has 0 heterocycles. The van der Waals surface area contributed by atoms with E-state index in [1.807, 2.05) is 7.05 Å². The second-order valence-corrected chi connectivity index (χ2v) is 6.31. The molecular formula is C16H25BrN2. The van der Waals surface area contributed by atoms with Gasteiger partial charge in [-0.1, -0.05) is 47.8 Å². The van der Waals surface area contributed by atoms with E-state index in [2.05, 4.69) is 51.3 Å². The molecule has 1 aromatic rings. The summed E-state index contributed by atoms with van der Waals surface area (Å²) in [6, 6.07) is 7.55. The van der Waals surface area contributed by atoms with Crippen molar-refractivity contribution in [3.63, 3.8) is 0 Å². The first-order valence-electron chi connectivity index (χ1n) is 7.40. The third kappa shape index (κ3) is 4.04. The maximum absolute atomic E-state index is 3.73. The average molecular weight is 325 g/mol. The standard InChI is InChI=1S/C16H25BrN2/c1-3-19(15-6-4-5-7-15)12-14-9-8-13(11-18-2)10-16(14)17/h8-10,15,18H,3-7,11-12H2,1-2H3. The number of hydrogen-bond acceptors (Lipinski definition) is 2. The highest BCUT2D eigenvalue weighted by Crippen LogP contribution is 2.27. The van der Waals surface area contributed by atoms with Crippen molar-refractivity contribution in [2.75, 3.05) is 13.6 Å². The monoisotopic (exact) mass is 324 g/mol. The zero-order valence-corrected chi connectivity index (χ0v) is 13.7. The van der Waals surface area contributed by atoms with Crippen LogP contribution >= 0.6 is 15.9 Å². The first kappa shape index (κ1) is 15.0. The third-order valence-corrected chi connectivity index (χ3v) is 4.86. The predicted octanol–water partition coefficient (Wildman–Crippen LogP) is 3.93. The van der Waals surface area contributed by atoms with Crippen LogP contribution in [0.5, 0.6) is 0 Å². The van der Waals surface area contributed by atoms with Crippen LogP contribution in [0, 0.1) is 0 Å². The number of rotatable bonds is 6. The molecule has 1 saturated carbocycles. The molecule has 106 valence electrons. The highest BCUT2D eigenvalue weighted by molar-refractivity contribution is 9.10. The van der Waals surface area contributed by atoms with Crippen molar-refractivity contribution in [1.82, 2.24) is 10.2 Å². The van der Waals surface area contributed by atoms with Gasteiger partial charge in [-0.2, -0.15) is 0 Å². The molecule has 0 spiro atoms.